The van der Waals surface area contributed by atoms with Crippen LogP contribution in [0.25, 0.3) is 0 Å². The minimum Gasteiger partial charge on any atom is -0.367 e. The molecule has 2 aliphatic rings. The zero-order valence-electron chi connectivity index (χ0n) is 10.4. The largest absolute Gasteiger partial charge is 0.367 e. The maximum Gasteiger partial charge on any atom is 0.102 e. The minimum absolute atomic E-state index is 0.0926. The molecule has 1 aromatic rings. The highest BCUT2D eigenvalue weighted by Crippen LogP contribution is 2.38. The van der Waals surface area contributed by atoms with Crippen LogP contribution in [-0.4, -0.2) is 24.9 Å². The molecule has 18 heavy (non-hydrogen) atoms. The molecule has 2 heteroatoms. The van der Waals surface area contributed by atoms with Crippen molar-refractivity contribution in [3.63, 3.8) is 0 Å². The molecule has 1 aromatic carbocycles. The van der Waals surface area contributed by atoms with E-state index in [1.165, 1.54) is 5.56 Å². The second kappa shape index (κ2) is 5.09. The van der Waals surface area contributed by atoms with Gasteiger partial charge in [0.2, 0.25) is 0 Å². The summed E-state index contributed by atoms with van der Waals surface area (Å²) in [5.41, 5.74) is 1.33. The van der Waals surface area contributed by atoms with Gasteiger partial charge in [0.1, 0.15) is 6.10 Å². The van der Waals surface area contributed by atoms with E-state index in [1.54, 1.807) is 0 Å². The standard InChI is InChI=1S/C16H18O2/c1-2-14-13(12-7-4-3-5-8-12)11-16(18-14)15-9-6-10-17-15/h2-9,13-16H,1,10-11H2/t13-,14+,15+,16+/m0/s1. The fourth-order valence-electron chi connectivity index (χ4n) is 2.84. The topological polar surface area (TPSA) is 18.5 Å². The van der Waals surface area contributed by atoms with Crippen LogP contribution in [0.3, 0.4) is 0 Å². The van der Waals surface area contributed by atoms with Crippen LogP contribution in [0.15, 0.2) is 55.1 Å². The van der Waals surface area contributed by atoms with Crippen LogP contribution < -0.4 is 0 Å². The zero-order valence-corrected chi connectivity index (χ0v) is 10.4. The Morgan fingerprint density at radius 3 is 2.72 bits per heavy atom. The highest BCUT2D eigenvalue weighted by atomic mass is 16.6. The lowest BCUT2D eigenvalue weighted by atomic mass is 9.90. The van der Waals surface area contributed by atoms with Crippen LogP contribution in [0.4, 0.5) is 0 Å². The van der Waals surface area contributed by atoms with Crippen molar-refractivity contribution in [2.24, 2.45) is 0 Å². The second-order valence-corrected chi connectivity index (χ2v) is 4.85. The summed E-state index contributed by atoms with van der Waals surface area (Å²) in [5.74, 6) is 0.395. The molecule has 2 nitrogen and oxygen atoms in total. The van der Waals surface area contributed by atoms with E-state index in [9.17, 15) is 0 Å². The highest BCUT2D eigenvalue weighted by molar-refractivity contribution is 5.24. The molecule has 0 N–H and O–H groups in total. The Hall–Kier alpha value is -1.38. The molecule has 0 amide bonds. The minimum atomic E-state index is 0.0926. The molecular weight excluding hydrogens is 224 g/mol. The lowest BCUT2D eigenvalue weighted by Gasteiger charge is -2.16. The van der Waals surface area contributed by atoms with Crippen molar-refractivity contribution in [1.29, 1.82) is 0 Å². The molecule has 3 rings (SSSR count). The number of hydrogen-bond acceptors (Lipinski definition) is 2. The normalized spacial score (nSPS) is 34.9. The molecule has 4 atom stereocenters. The summed E-state index contributed by atoms with van der Waals surface area (Å²) < 4.78 is 11.7. The van der Waals surface area contributed by atoms with Crippen LogP contribution in [0.2, 0.25) is 0 Å². The van der Waals surface area contributed by atoms with Crippen molar-refractivity contribution < 1.29 is 9.47 Å². The Kier molecular flexibility index (Phi) is 3.31. The van der Waals surface area contributed by atoms with E-state index in [0.29, 0.717) is 12.5 Å². The van der Waals surface area contributed by atoms with Crippen molar-refractivity contribution in [3.05, 3.63) is 60.7 Å². The average Bonchev–Trinajstić information content (AvgIpc) is 3.08. The van der Waals surface area contributed by atoms with E-state index in [1.807, 2.05) is 12.1 Å². The van der Waals surface area contributed by atoms with Gasteiger partial charge in [-0.15, -0.1) is 6.58 Å². The first kappa shape index (κ1) is 11.7. The third kappa shape index (κ3) is 2.14. The monoisotopic (exact) mass is 242 g/mol. The Bertz CT molecular complexity index is 438. The number of hydrogen-bond donors (Lipinski definition) is 0. The molecule has 0 spiro atoms. The first-order chi connectivity index (χ1) is 8.88. The maximum atomic E-state index is 6.07. The number of ether oxygens (including phenoxy) is 2. The van der Waals surface area contributed by atoms with Gasteiger partial charge in [-0.1, -0.05) is 48.6 Å². The van der Waals surface area contributed by atoms with Gasteiger partial charge in [-0.05, 0) is 12.0 Å². The predicted molar refractivity (Wildman–Crippen MR) is 71.5 cm³/mol. The zero-order chi connectivity index (χ0) is 12.4. The van der Waals surface area contributed by atoms with Crippen molar-refractivity contribution in [3.8, 4) is 0 Å². The van der Waals surface area contributed by atoms with Crippen LogP contribution in [0.5, 0.6) is 0 Å². The molecular formula is C16H18O2. The molecule has 94 valence electrons. The second-order valence-electron chi connectivity index (χ2n) is 4.85. The van der Waals surface area contributed by atoms with Crippen molar-refractivity contribution >= 4 is 0 Å². The fourth-order valence-corrected chi connectivity index (χ4v) is 2.84. The van der Waals surface area contributed by atoms with Gasteiger partial charge in [0.05, 0.1) is 18.8 Å². The summed E-state index contributed by atoms with van der Waals surface area (Å²) in [6.07, 6.45) is 7.44. The Morgan fingerprint density at radius 1 is 1.22 bits per heavy atom. The van der Waals surface area contributed by atoms with Gasteiger partial charge in [0.25, 0.3) is 0 Å². The van der Waals surface area contributed by atoms with E-state index in [-0.39, 0.29) is 18.3 Å². The smallest absolute Gasteiger partial charge is 0.102 e. The third-order valence-electron chi connectivity index (χ3n) is 3.75. The van der Waals surface area contributed by atoms with E-state index in [4.69, 9.17) is 9.47 Å². The van der Waals surface area contributed by atoms with Gasteiger partial charge in [0, 0.05) is 5.92 Å². The molecule has 0 aromatic heterocycles. The van der Waals surface area contributed by atoms with E-state index in [2.05, 4.69) is 43.0 Å². The summed E-state index contributed by atoms with van der Waals surface area (Å²) in [6.45, 7) is 4.60. The molecule has 2 heterocycles. The van der Waals surface area contributed by atoms with Crippen molar-refractivity contribution in [1.82, 2.24) is 0 Å². The fraction of sp³-hybridized carbons (Fsp3) is 0.375. The van der Waals surface area contributed by atoms with E-state index < -0.39 is 0 Å². The molecule has 0 unspecified atom stereocenters. The van der Waals surface area contributed by atoms with Crippen LogP contribution in [0.1, 0.15) is 17.9 Å². The van der Waals surface area contributed by atoms with Gasteiger partial charge < -0.3 is 9.47 Å². The number of rotatable bonds is 3. The van der Waals surface area contributed by atoms with Gasteiger partial charge >= 0.3 is 0 Å². The van der Waals surface area contributed by atoms with Crippen molar-refractivity contribution in [2.45, 2.75) is 30.7 Å². The summed E-state index contributed by atoms with van der Waals surface area (Å²) in [6, 6.07) is 10.5. The third-order valence-corrected chi connectivity index (χ3v) is 3.75. The first-order valence-electron chi connectivity index (χ1n) is 6.49. The Morgan fingerprint density at radius 2 is 2.06 bits per heavy atom. The summed E-state index contributed by atoms with van der Waals surface area (Å²) in [7, 11) is 0. The first-order valence-corrected chi connectivity index (χ1v) is 6.49. The van der Waals surface area contributed by atoms with Crippen molar-refractivity contribution in [2.75, 3.05) is 6.61 Å². The highest BCUT2D eigenvalue weighted by Gasteiger charge is 2.38. The molecule has 0 bridgehead atoms. The Labute approximate surface area is 108 Å². The lowest BCUT2D eigenvalue weighted by Crippen LogP contribution is -2.24. The predicted octanol–water partition coefficient (Wildman–Crippen LogP) is 3.07. The summed E-state index contributed by atoms with van der Waals surface area (Å²) >= 11 is 0. The summed E-state index contributed by atoms with van der Waals surface area (Å²) in [5, 5.41) is 0. The SMILES string of the molecule is C=C[C@H]1O[C@@H]([C@H]2C=CCO2)C[C@H]1c1ccccc1. The van der Waals surface area contributed by atoms with E-state index in [0.717, 1.165) is 6.42 Å². The van der Waals surface area contributed by atoms with E-state index >= 15 is 0 Å². The van der Waals surface area contributed by atoms with Crippen LogP contribution in [-0.2, 0) is 9.47 Å². The summed E-state index contributed by atoms with van der Waals surface area (Å²) in [4.78, 5) is 0. The molecule has 2 aliphatic heterocycles. The Balaban J connectivity index is 1.78. The molecule has 0 aliphatic carbocycles. The quantitative estimate of drug-likeness (QED) is 0.758. The molecule has 0 saturated carbocycles. The van der Waals surface area contributed by atoms with Crippen LogP contribution >= 0.6 is 0 Å². The van der Waals surface area contributed by atoms with Gasteiger partial charge in [-0.25, -0.2) is 0 Å². The van der Waals surface area contributed by atoms with Gasteiger partial charge in [0.15, 0.2) is 0 Å². The number of benzene rings is 1. The maximum absolute atomic E-state index is 6.07. The van der Waals surface area contributed by atoms with Crippen LogP contribution in [0, 0.1) is 0 Å². The van der Waals surface area contributed by atoms with Gasteiger partial charge in [-0.3, -0.25) is 0 Å². The molecule has 1 saturated heterocycles. The molecule has 0 radical (unpaired) electrons. The molecule has 1 fully saturated rings. The van der Waals surface area contributed by atoms with Gasteiger partial charge in [-0.2, -0.15) is 0 Å². The lowest BCUT2D eigenvalue weighted by molar-refractivity contribution is -0.0220. The average molecular weight is 242 g/mol.